The molecular formula is C43H44N10O12. The number of phenolic OH excluding ortho intramolecular Hbond substituents is 1. The Morgan fingerprint density at radius 2 is 1.08 bits per heavy atom. The second kappa shape index (κ2) is 15.9. The Kier molecular flexibility index (Phi) is 10.4. The minimum Gasteiger partial charge on any atom is -0.504 e. The van der Waals surface area contributed by atoms with Crippen molar-refractivity contribution >= 4 is 22.1 Å². The summed E-state index contributed by atoms with van der Waals surface area (Å²) < 4.78 is 36.7. The third-order valence-corrected chi connectivity index (χ3v) is 12.3. The Balaban J connectivity index is 1.10. The predicted octanol–water partition coefficient (Wildman–Crippen LogP) is 0.449. The van der Waals surface area contributed by atoms with E-state index in [9.17, 15) is 33.9 Å². The number of aromatic nitrogens is 10. The Bertz CT molecular complexity index is 3530. The van der Waals surface area contributed by atoms with Crippen molar-refractivity contribution in [2.24, 2.45) is 14.1 Å². The first-order valence-electron chi connectivity index (χ1n) is 20.4. The molecule has 0 amide bonds. The molecule has 1 N–H and O–H groups in total. The highest BCUT2D eigenvalue weighted by Crippen LogP contribution is 2.41. The highest BCUT2D eigenvalue weighted by Gasteiger charge is 2.41. The fourth-order valence-electron chi connectivity index (χ4n) is 8.99. The fraction of sp³-hybridized carbons (Fsp3) is 0.349. The molecule has 0 saturated heterocycles. The molecule has 7 aromatic rings. The van der Waals surface area contributed by atoms with Gasteiger partial charge in [0.2, 0.25) is 0 Å². The molecule has 0 radical (unpaired) electrons. The summed E-state index contributed by atoms with van der Waals surface area (Å²) >= 11 is 0. The van der Waals surface area contributed by atoms with Gasteiger partial charge in [-0.05, 0) is 23.3 Å². The molecule has 6 heterocycles. The summed E-state index contributed by atoms with van der Waals surface area (Å²) in [5.41, 5.74) is -0.745. The van der Waals surface area contributed by atoms with Crippen LogP contribution in [0.5, 0.6) is 34.5 Å². The second-order valence-corrected chi connectivity index (χ2v) is 15.6. The summed E-state index contributed by atoms with van der Waals surface area (Å²) in [6.45, 7) is -0.742. The van der Waals surface area contributed by atoms with E-state index in [0.29, 0.717) is 56.2 Å². The van der Waals surface area contributed by atoms with Crippen molar-refractivity contribution in [2.75, 3.05) is 35.5 Å². The van der Waals surface area contributed by atoms with E-state index in [1.54, 1.807) is 50.5 Å². The van der Waals surface area contributed by atoms with Gasteiger partial charge in [0.15, 0.2) is 34.5 Å². The summed E-state index contributed by atoms with van der Waals surface area (Å²) in [5, 5.41) is 10.9. The monoisotopic (exact) mass is 892 g/mol. The smallest absolute Gasteiger partial charge is 0.348 e. The second-order valence-electron chi connectivity index (χ2n) is 15.6. The van der Waals surface area contributed by atoms with Gasteiger partial charge >= 0.3 is 22.8 Å². The lowest BCUT2D eigenvalue weighted by Gasteiger charge is -2.37. The normalized spacial score (nSPS) is 15.3. The molecule has 0 spiro atoms. The maximum absolute atomic E-state index is 14.5. The standard InChI is InChI=1S/C43H44N10O12/c1-46-28-19-35(64-6)33(62-4)17-26(28)44-24(38(46)55)11-13-48-40(57)50-15-10-23-30(52(50)42(48)59)21-51-41(58)49(43(60)53(51)37(23)22-8-9-32(61-3)31(54)16-22)14-12-25-39(56)47(2)29-20-36(65-7)34(63-5)18-27(29)45-25/h8-10,16-20,30,37,54H,11-15,21H2,1-7H3. The SMILES string of the molecule is COc1ccc(C2C3=CCn4c(=O)n(CCc5nc6cc(OC)c(OC)cc6n(C)c5=O)c(=O)n4C3Cn3c(=O)n(CCc4nc5cc(OC)c(OC)cc5n(C)c4=O)c(=O)n32)cc1O. The fourth-order valence-corrected chi connectivity index (χ4v) is 8.99. The lowest BCUT2D eigenvalue weighted by Crippen LogP contribution is -2.47. The van der Waals surface area contributed by atoms with E-state index in [-0.39, 0.29) is 61.9 Å². The zero-order valence-electron chi connectivity index (χ0n) is 36.4. The van der Waals surface area contributed by atoms with Crippen molar-refractivity contribution in [3.05, 3.63) is 134 Å². The molecule has 4 aromatic heterocycles. The predicted molar refractivity (Wildman–Crippen MR) is 233 cm³/mol. The van der Waals surface area contributed by atoms with Crippen LogP contribution in [-0.4, -0.2) is 87.6 Å². The van der Waals surface area contributed by atoms with Gasteiger partial charge in [-0.1, -0.05) is 12.1 Å². The third kappa shape index (κ3) is 6.53. The highest BCUT2D eigenvalue weighted by molar-refractivity contribution is 5.80. The number of fused-ring (bicyclic) bond motifs is 6. The van der Waals surface area contributed by atoms with Gasteiger partial charge < -0.3 is 37.9 Å². The van der Waals surface area contributed by atoms with Gasteiger partial charge in [0.1, 0.15) is 17.4 Å². The number of aryl methyl sites for hydroxylation is 4. The number of ether oxygens (including phenoxy) is 5. The molecule has 338 valence electrons. The number of rotatable bonds is 12. The van der Waals surface area contributed by atoms with E-state index in [4.69, 9.17) is 23.7 Å². The maximum atomic E-state index is 14.5. The molecule has 2 unspecified atom stereocenters. The molecule has 65 heavy (non-hydrogen) atoms. The number of hydrogen-bond acceptors (Lipinski definition) is 14. The number of hydrogen-bond donors (Lipinski definition) is 1. The minimum absolute atomic E-state index is 0.0730. The highest BCUT2D eigenvalue weighted by atomic mass is 16.5. The van der Waals surface area contributed by atoms with Crippen molar-refractivity contribution in [1.29, 1.82) is 0 Å². The third-order valence-electron chi connectivity index (χ3n) is 12.3. The topological polar surface area (TPSA) is 234 Å². The van der Waals surface area contributed by atoms with E-state index in [1.807, 2.05) is 0 Å². The van der Waals surface area contributed by atoms with Gasteiger partial charge in [-0.25, -0.2) is 57.0 Å². The average molecular weight is 893 g/mol. The Hall–Kier alpha value is -8.04. The van der Waals surface area contributed by atoms with E-state index in [1.165, 1.54) is 75.5 Å². The van der Waals surface area contributed by atoms with Crippen LogP contribution in [0.15, 0.2) is 82.9 Å². The quantitative estimate of drug-likeness (QED) is 0.164. The number of phenols is 1. The first kappa shape index (κ1) is 42.3. The maximum Gasteiger partial charge on any atom is 0.348 e. The van der Waals surface area contributed by atoms with Crippen molar-refractivity contribution in [3.63, 3.8) is 0 Å². The van der Waals surface area contributed by atoms with Gasteiger partial charge in [-0.2, -0.15) is 0 Å². The average Bonchev–Trinajstić information content (AvgIpc) is 3.70. The van der Waals surface area contributed by atoms with Crippen molar-refractivity contribution in [1.82, 2.24) is 47.0 Å². The molecule has 2 atom stereocenters. The van der Waals surface area contributed by atoms with Crippen LogP contribution < -0.4 is 57.6 Å². The Morgan fingerprint density at radius 3 is 1.57 bits per heavy atom. The van der Waals surface area contributed by atoms with Gasteiger partial charge in [0.05, 0.1) is 76.7 Å². The molecule has 2 aliphatic heterocycles. The van der Waals surface area contributed by atoms with Crippen LogP contribution in [0.2, 0.25) is 0 Å². The lowest BCUT2D eigenvalue weighted by molar-refractivity contribution is 0.245. The molecule has 22 nitrogen and oxygen atoms in total. The van der Waals surface area contributed by atoms with E-state index < -0.39 is 46.0 Å². The Morgan fingerprint density at radius 1 is 0.600 bits per heavy atom. The Labute approximate surface area is 366 Å². The molecule has 0 bridgehead atoms. The first-order chi connectivity index (χ1) is 31.2. The van der Waals surface area contributed by atoms with Crippen molar-refractivity contribution < 1.29 is 28.8 Å². The van der Waals surface area contributed by atoms with E-state index >= 15 is 0 Å². The minimum atomic E-state index is -1.04. The number of benzene rings is 3. The molecular weight excluding hydrogens is 849 g/mol. The largest absolute Gasteiger partial charge is 0.504 e. The van der Waals surface area contributed by atoms with Gasteiger partial charge in [0.25, 0.3) is 11.1 Å². The van der Waals surface area contributed by atoms with Crippen LogP contribution in [0, 0.1) is 0 Å². The summed E-state index contributed by atoms with van der Waals surface area (Å²) in [7, 11) is 10.5. The van der Waals surface area contributed by atoms with Crippen molar-refractivity contribution in [3.8, 4) is 34.5 Å². The molecule has 9 rings (SSSR count). The van der Waals surface area contributed by atoms with Crippen LogP contribution in [-0.2, 0) is 53.1 Å². The van der Waals surface area contributed by atoms with Crippen LogP contribution in [0.3, 0.4) is 0 Å². The van der Waals surface area contributed by atoms with Gasteiger partial charge in [0, 0.05) is 64.3 Å². The summed E-state index contributed by atoms with van der Waals surface area (Å²) in [4.78, 5) is 93.6. The van der Waals surface area contributed by atoms with Crippen LogP contribution >= 0.6 is 0 Å². The molecule has 3 aromatic carbocycles. The molecule has 0 aliphatic carbocycles. The van der Waals surface area contributed by atoms with Gasteiger partial charge in [-0.3, -0.25) is 9.59 Å². The lowest BCUT2D eigenvalue weighted by atomic mass is 9.90. The summed E-state index contributed by atoms with van der Waals surface area (Å²) in [6.07, 6.45) is 1.55. The number of methoxy groups -OCH3 is 5. The molecule has 2 aliphatic rings. The first-order valence-corrected chi connectivity index (χ1v) is 20.4. The summed E-state index contributed by atoms with van der Waals surface area (Å²) in [6, 6.07) is 9.11. The zero-order chi connectivity index (χ0) is 46.2. The molecule has 22 heteroatoms. The van der Waals surface area contributed by atoms with Crippen LogP contribution in [0.25, 0.3) is 22.1 Å². The number of aromatic hydroxyl groups is 1. The summed E-state index contributed by atoms with van der Waals surface area (Å²) in [5.74, 6) is 1.55. The van der Waals surface area contributed by atoms with E-state index in [2.05, 4.69) is 9.97 Å². The molecule has 0 saturated carbocycles. The van der Waals surface area contributed by atoms with Crippen molar-refractivity contribution in [2.45, 2.75) is 51.1 Å². The zero-order valence-corrected chi connectivity index (χ0v) is 36.4. The number of nitrogens with zero attached hydrogens (tertiary/aromatic N) is 10. The van der Waals surface area contributed by atoms with Crippen LogP contribution in [0.1, 0.15) is 29.0 Å². The number of allylic oxidation sites excluding steroid dienone is 2. The van der Waals surface area contributed by atoms with Crippen LogP contribution in [0.4, 0.5) is 0 Å². The van der Waals surface area contributed by atoms with E-state index in [0.717, 1.165) is 9.13 Å². The molecule has 0 fully saturated rings. The van der Waals surface area contributed by atoms with Gasteiger partial charge in [-0.15, -0.1) is 0 Å².